The van der Waals surface area contributed by atoms with Gasteiger partial charge in [0.05, 0.1) is 5.76 Å². The zero-order valence-corrected chi connectivity index (χ0v) is 15.7. The summed E-state index contributed by atoms with van der Waals surface area (Å²) in [6, 6.07) is 12.5. The first-order chi connectivity index (χ1) is 10.6. The number of fused-ring (bicyclic) bond motifs is 1. The molecule has 1 aromatic carbocycles. The van der Waals surface area contributed by atoms with E-state index in [0.717, 1.165) is 24.1 Å². The second-order valence-electron chi connectivity index (χ2n) is 5.29. The van der Waals surface area contributed by atoms with E-state index in [9.17, 15) is 4.79 Å². The van der Waals surface area contributed by atoms with Gasteiger partial charge in [-0.2, -0.15) is 5.57 Å². The maximum atomic E-state index is 10.0. The Morgan fingerprint density at radius 2 is 1.96 bits per heavy atom. The number of aliphatic hydroxyl groups is 1. The Bertz CT molecular complexity index is 731. The molecule has 1 heterocycles. The molecular formula is C19H20IrNO2-. The van der Waals surface area contributed by atoms with Crippen molar-refractivity contribution in [2.45, 2.75) is 33.1 Å². The molecule has 3 nitrogen and oxygen atoms in total. The third-order valence-electron chi connectivity index (χ3n) is 3.26. The quantitative estimate of drug-likeness (QED) is 0.382. The van der Waals surface area contributed by atoms with E-state index in [0.29, 0.717) is 0 Å². The van der Waals surface area contributed by atoms with E-state index in [1.54, 1.807) is 0 Å². The monoisotopic (exact) mass is 487 g/mol. The van der Waals surface area contributed by atoms with Crippen LogP contribution in [0, 0.1) is 6.08 Å². The summed E-state index contributed by atoms with van der Waals surface area (Å²) in [7, 11) is 0. The van der Waals surface area contributed by atoms with Crippen molar-refractivity contribution in [1.29, 1.82) is 0 Å². The number of nitrogens with zero attached hydrogens (tertiary/aromatic N) is 1. The molecule has 3 rings (SSSR count). The summed E-state index contributed by atoms with van der Waals surface area (Å²) < 4.78 is 0. The van der Waals surface area contributed by atoms with Crippen molar-refractivity contribution < 1.29 is 30.0 Å². The third-order valence-corrected chi connectivity index (χ3v) is 3.26. The normalized spacial score (nSPS) is 13.7. The molecule has 1 aromatic heterocycles. The molecule has 123 valence electrons. The van der Waals surface area contributed by atoms with Crippen LogP contribution in [0.2, 0.25) is 0 Å². The van der Waals surface area contributed by atoms with E-state index < -0.39 is 0 Å². The number of aliphatic hydroxyl groups excluding tert-OH is 1. The van der Waals surface area contributed by atoms with Crippen LogP contribution in [0.25, 0.3) is 16.5 Å². The van der Waals surface area contributed by atoms with Gasteiger partial charge in [0.1, 0.15) is 0 Å². The van der Waals surface area contributed by atoms with Crippen molar-refractivity contribution in [3.63, 3.8) is 0 Å². The fourth-order valence-electron chi connectivity index (χ4n) is 2.34. The Hall–Kier alpha value is -1.77. The summed E-state index contributed by atoms with van der Waals surface area (Å²) in [4.78, 5) is 14.7. The van der Waals surface area contributed by atoms with Crippen molar-refractivity contribution in [2.24, 2.45) is 0 Å². The average Bonchev–Trinajstić information content (AvgIpc) is 3.00. The van der Waals surface area contributed by atoms with E-state index in [1.165, 1.54) is 37.3 Å². The van der Waals surface area contributed by atoms with Gasteiger partial charge in [-0.15, -0.1) is 12.5 Å². The number of para-hydroxylation sites is 1. The Balaban J connectivity index is 0.000000287. The first kappa shape index (κ1) is 19.3. The van der Waals surface area contributed by atoms with Crippen LogP contribution in [0.5, 0.6) is 0 Å². The van der Waals surface area contributed by atoms with Crippen molar-refractivity contribution >= 4 is 22.3 Å². The van der Waals surface area contributed by atoms with Gasteiger partial charge in [-0.05, 0) is 25.3 Å². The van der Waals surface area contributed by atoms with E-state index >= 15 is 0 Å². The van der Waals surface area contributed by atoms with E-state index in [-0.39, 0.29) is 31.6 Å². The van der Waals surface area contributed by atoms with Crippen LogP contribution in [0.15, 0.2) is 48.2 Å². The van der Waals surface area contributed by atoms with Crippen LogP contribution in [-0.2, 0) is 24.9 Å². The van der Waals surface area contributed by atoms with E-state index in [1.807, 2.05) is 12.1 Å². The number of hydrogen-bond acceptors (Lipinski definition) is 3. The minimum atomic E-state index is -0.125. The van der Waals surface area contributed by atoms with Crippen molar-refractivity contribution in [3.05, 3.63) is 60.0 Å². The predicted molar refractivity (Wildman–Crippen MR) is 89.3 cm³/mol. The first-order valence-corrected chi connectivity index (χ1v) is 7.40. The molecule has 0 aliphatic heterocycles. The minimum Gasteiger partial charge on any atom is -0.512 e. The molecule has 1 aliphatic rings. The Morgan fingerprint density at radius 3 is 2.52 bits per heavy atom. The number of hydrogen-bond donors (Lipinski definition) is 1. The molecule has 0 saturated heterocycles. The molecule has 23 heavy (non-hydrogen) atoms. The van der Waals surface area contributed by atoms with Gasteiger partial charge in [0, 0.05) is 31.7 Å². The number of aromatic nitrogens is 1. The number of rotatable bonds is 2. The van der Waals surface area contributed by atoms with Gasteiger partial charge in [0.15, 0.2) is 5.78 Å². The third kappa shape index (κ3) is 6.09. The zero-order valence-electron chi connectivity index (χ0n) is 13.3. The van der Waals surface area contributed by atoms with Gasteiger partial charge < -0.3 is 10.1 Å². The molecule has 0 saturated carbocycles. The number of ketones is 1. The van der Waals surface area contributed by atoms with Gasteiger partial charge in [-0.25, -0.2) is 0 Å². The van der Waals surface area contributed by atoms with Crippen molar-refractivity contribution in [2.75, 3.05) is 0 Å². The minimum absolute atomic E-state index is 0. The van der Waals surface area contributed by atoms with Crippen LogP contribution in [0.3, 0.4) is 0 Å². The molecule has 0 amide bonds. The molecule has 2 aromatic rings. The summed E-state index contributed by atoms with van der Waals surface area (Å²) >= 11 is 0. The second-order valence-corrected chi connectivity index (χ2v) is 5.29. The Kier molecular flexibility index (Phi) is 7.87. The first-order valence-electron chi connectivity index (χ1n) is 7.40. The number of pyridine rings is 1. The average molecular weight is 487 g/mol. The van der Waals surface area contributed by atoms with Gasteiger partial charge >= 0.3 is 0 Å². The van der Waals surface area contributed by atoms with Crippen LogP contribution in [0.4, 0.5) is 0 Å². The number of allylic oxidation sites excluding steroid dienone is 4. The SMILES string of the molecule is CC(=O)/C=C(/C)O.[C-]1=C(c2ccc3ccccc3n2)CCC1.[Ir]. The molecule has 0 spiro atoms. The van der Waals surface area contributed by atoms with E-state index in [2.05, 4.69) is 35.3 Å². The molecule has 4 heteroatoms. The summed E-state index contributed by atoms with van der Waals surface area (Å²) in [5.74, 6) is -0.0625. The molecule has 0 bridgehead atoms. The van der Waals surface area contributed by atoms with Crippen LogP contribution < -0.4 is 0 Å². The van der Waals surface area contributed by atoms with Crippen LogP contribution >= 0.6 is 0 Å². The molecule has 1 N–H and O–H groups in total. The van der Waals surface area contributed by atoms with Gasteiger partial charge in [0.2, 0.25) is 0 Å². The van der Waals surface area contributed by atoms with Crippen LogP contribution in [-0.4, -0.2) is 15.9 Å². The number of carbonyl (C=O) groups excluding carboxylic acids is 1. The topological polar surface area (TPSA) is 50.2 Å². The predicted octanol–water partition coefficient (Wildman–Crippen LogP) is 4.64. The second kappa shape index (κ2) is 9.39. The summed E-state index contributed by atoms with van der Waals surface area (Å²) in [6.45, 7) is 2.85. The summed E-state index contributed by atoms with van der Waals surface area (Å²) in [5.41, 5.74) is 3.48. The maximum Gasteiger partial charge on any atom is 0.155 e. The van der Waals surface area contributed by atoms with Gasteiger partial charge in [-0.3, -0.25) is 10.9 Å². The fourth-order valence-corrected chi connectivity index (χ4v) is 2.34. The molecule has 0 fully saturated rings. The largest absolute Gasteiger partial charge is 0.512 e. The van der Waals surface area contributed by atoms with Gasteiger partial charge in [-0.1, -0.05) is 42.8 Å². The standard InChI is InChI=1S/C14H12N.C5H8O2.Ir/c1-2-6-11(5-1)14-10-9-12-7-3-4-8-13(12)15-14;1-4(6)3-5(2)7;/h3-4,7-10H,1-2,5H2;3,6H,1-2H3;/q-1;;/b;4-3-;. The van der Waals surface area contributed by atoms with Crippen LogP contribution in [0.1, 0.15) is 38.8 Å². The molecule has 1 radical (unpaired) electrons. The van der Waals surface area contributed by atoms with Gasteiger partial charge in [0.25, 0.3) is 0 Å². The number of benzene rings is 1. The Morgan fingerprint density at radius 1 is 1.22 bits per heavy atom. The fraction of sp³-hybridized carbons (Fsp3) is 0.263. The maximum absolute atomic E-state index is 10.0. The smallest absolute Gasteiger partial charge is 0.155 e. The Labute approximate surface area is 150 Å². The molecular weight excluding hydrogens is 466 g/mol. The molecule has 1 aliphatic carbocycles. The number of carbonyl (C=O) groups is 1. The summed E-state index contributed by atoms with van der Waals surface area (Å²) in [6.07, 6.45) is 8.00. The summed E-state index contributed by atoms with van der Waals surface area (Å²) in [5, 5.41) is 9.57. The zero-order chi connectivity index (χ0) is 15.9. The molecule has 0 unspecified atom stereocenters. The van der Waals surface area contributed by atoms with Crippen molar-refractivity contribution in [1.82, 2.24) is 4.98 Å². The van der Waals surface area contributed by atoms with E-state index in [4.69, 9.17) is 5.11 Å². The van der Waals surface area contributed by atoms with Crippen molar-refractivity contribution in [3.8, 4) is 0 Å². The molecule has 0 atom stereocenters.